The molecule has 91 heavy (non-hydrogen) atoms. The number of nitrogens with zero attached hydrogens (tertiary/aromatic N) is 4. The van der Waals surface area contributed by atoms with Gasteiger partial charge in [0.05, 0.1) is 39.2 Å². The second kappa shape index (κ2) is 30.0. The fraction of sp³-hybridized carbons (Fsp3) is 0.545. The molecule has 0 spiro atoms. The Morgan fingerprint density at radius 2 is 1.42 bits per heavy atom. The number of amides is 7. The van der Waals surface area contributed by atoms with Crippen LogP contribution in [0, 0.1) is 17.8 Å². The maximum absolute atomic E-state index is 14.9. The number of β-amino-alcohol motifs (C(OH)–C–C–N with tert-alkyl or cyclic N) is 1. The number of aromatic nitrogens is 1. The third kappa shape index (κ3) is 17.8. The van der Waals surface area contributed by atoms with E-state index in [9.17, 15) is 61.8 Å². The average molecular weight is 1320 g/mol. The molecular weight excluding hydrogens is 1230 g/mol. The normalized spacial score (nSPS) is 20.1. The van der Waals surface area contributed by atoms with E-state index in [1.807, 2.05) is 89.2 Å². The molecule has 0 radical (unpaired) electrons. The first-order chi connectivity index (χ1) is 42.9. The fourth-order valence-corrected chi connectivity index (χ4v) is 14.4. The Morgan fingerprint density at radius 3 is 2.07 bits per heavy atom. The quantitative estimate of drug-likeness (QED) is 0.0212. The molecule has 3 fully saturated rings. The summed E-state index contributed by atoms with van der Waals surface area (Å²) in [7, 11) is -5.86. The summed E-state index contributed by atoms with van der Waals surface area (Å²) < 4.78 is 47.4. The molecule has 2 aromatic heterocycles. The third-order valence-electron chi connectivity index (χ3n) is 17.3. The lowest BCUT2D eigenvalue weighted by molar-refractivity contribution is -0.147. The number of ether oxygens (including phenoxy) is 1. The van der Waals surface area contributed by atoms with Gasteiger partial charge < -0.3 is 55.6 Å². The molecule has 25 heteroatoms. The van der Waals surface area contributed by atoms with E-state index in [2.05, 4.69) is 26.3 Å². The van der Waals surface area contributed by atoms with Crippen LogP contribution in [0.15, 0.2) is 84.4 Å². The van der Waals surface area contributed by atoms with Gasteiger partial charge in [-0.15, -0.1) is 22.7 Å². The number of aryl methyl sites for hydroxylation is 1. The van der Waals surface area contributed by atoms with Gasteiger partial charge in [-0.3, -0.25) is 38.1 Å². The van der Waals surface area contributed by atoms with E-state index in [-0.39, 0.29) is 84.8 Å². The summed E-state index contributed by atoms with van der Waals surface area (Å²) in [5.41, 5.74) is -1.23. The van der Waals surface area contributed by atoms with Crippen LogP contribution in [0.1, 0.15) is 163 Å². The minimum absolute atomic E-state index is 0.0307. The van der Waals surface area contributed by atoms with Crippen molar-refractivity contribution in [3.8, 4) is 10.4 Å². The van der Waals surface area contributed by atoms with Crippen LogP contribution in [0.4, 0.5) is 8.78 Å². The summed E-state index contributed by atoms with van der Waals surface area (Å²) in [5, 5.41) is 22.6. The molecule has 8 rings (SSSR count). The first kappa shape index (κ1) is 70.3. The highest BCUT2D eigenvalue weighted by molar-refractivity contribution is 7.52. The van der Waals surface area contributed by atoms with Crippen LogP contribution < -0.4 is 21.3 Å². The minimum atomic E-state index is -5.86. The van der Waals surface area contributed by atoms with E-state index >= 15 is 0 Å². The molecule has 5 heterocycles. The number of hydrogen-bond acceptors (Lipinski definition) is 13. The molecule has 20 nitrogen and oxygen atoms in total. The SMILES string of the molecule is Cc1ncsc1-c1ccc([C@H](C)NC(=O)[C@@H]2C[C@@H](O)CN2C(=O)C(NC(=O)CCCCCCCCNC(=O)CO[C@H]2C[C@@H](C(=O)N3CCCC(c4ccccc4)C3)N(C(=O)C(NC(=O)c3cc4cc(C(F)(F)P(=O)(O)O)ccc4s3)C(C)(C)C)C2)C(C)(C)C)cc1. The Bertz CT molecular complexity index is 3440. The van der Waals surface area contributed by atoms with Crippen molar-refractivity contribution in [3.05, 3.63) is 112 Å². The topological polar surface area (TPSA) is 277 Å². The van der Waals surface area contributed by atoms with Crippen LogP contribution in [-0.2, 0) is 43.7 Å². The Kier molecular flexibility index (Phi) is 23.2. The van der Waals surface area contributed by atoms with E-state index < -0.39 is 83.7 Å². The molecule has 7 amide bonds. The number of unbranched alkanes of at least 4 members (excludes halogenated alkanes) is 5. The summed E-state index contributed by atoms with van der Waals surface area (Å²) in [6, 6.07) is 17.8. The van der Waals surface area contributed by atoms with Crippen LogP contribution in [0.5, 0.6) is 0 Å². The molecule has 7 N–H and O–H groups in total. The largest absolute Gasteiger partial charge is 0.399 e. The highest BCUT2D eigenvalue weighted by Gasteiger charge is 2.51. The molecule has 0 saturated carbocycles. The van der Waals surface area contributed by atoms with E-state index in [1.54, 1.807) is 42.5 Å². The number of alkyl halides is 2. The van der Waals surface area contributed by atoms with Crippen molar-refractivity contribution in [1.82, 2.24) is 41.0 Å². The van der Waals surface area contributed by atoms with Crippen molar-refractivity contribution in [2.24, 2.45) is 10.8 Å². The zero-order valence-electron chi connectivity index (χ0n) is 53.0. The van der Waals surface area contributed by atoms with E-state index in [4.69, 9.17) is 4.74 Å². The van der Waals surface area contributed by atoms with Gasteiger partial charge in [0.2, 0.25) is 35.4 Å². The fourth-order valence-electron chi connectivity index (χ4n) is 12.1. The number of carbonyl (C=O) groups excluding carboxylic acids is 7. The lowest BCUT2D eigenvalue weighted by atomic mass is 9.85. The summed E-state index contributed by atoms with van der Waals surface area (Å²) in [5.74, 6) is -2.91. The minimum Gasteiger partial charge on any atom is -0.391 e. The lowest BCUT2D eigenvalue weighted by Crippen LogP contribution is -2.58. The van der Waals surface area contributed by atoms with Gasteiger partial charge in [-0.05, 0) is 90.6 Å². The average Bonchev–Trinajstić information content (AvgIpc) is 1.90. The maximum Gasteiger partial charge on any atom is 0.399 e. The maximum atomic E-state index is 14.9. The van der Waals surface area contributed by atoms with Gasteiger partial charge in [0, 0.05) is 68.2 Å². The Balaban J connectivity index is 0.788. The van der Waals surface area contributed by atoms with Crippen LogP contribution in [-0.4, -0.2) is 152 Å². The number of likely N-dealkylation sites (tertiary alicyclic amines) is 3. The van der Waals surface area contributed by atoms with Crippen molar-refractivity contribution < 1.29 is 66.5 Å². The third-order valence-corrected chi connectivity index (χ3v) is 20.4. The molecular formula is C66H87F2N8O12PS2. The van der Waals surface area contributed by atoms with Gasteiger partial charge in [-0.1, -0.05) is 128 Å². The number of nitrogens with one attached hydrogen (secondary N) is 4. The van der Waals surface area contributed by atoms with Crippen molar-refractivity contribution >= 4 is 81.7 Å². The van der Waals surface area contributed by atoms with E-state index in [1.165, 1.54) is 21.9 Å². The van der Waals surface area contributed by atoms with Crippen molar-refractivity contribution in [2.45, 2.75) is 180 Å². The standard InChI is InChI=1S/C66H87F2N8O12PS2/c1-40(42-23-25-44(26-24-42)56-41(2)70-39-90-56)71-59(80)50-33-48(77)36-75(50)62(83)57(64(3,4)5)72-54(78)22-16-11-9-10-12-17-29-69-55(79)38-88-49-34-51(61(82)74-30-18-21-45(35-74)43-19-14-13-15-20-43)76(37-49)63(84)58(65(6,7)8)73-60(81)53-32-46-31-47(27-28-52(46)91-53)66(67,68)89(85,86)87/h13-15,19-20,23-28,31-32,39-40,45,48-51,57-58,77H,9-12,16-18,21-22,29-30,33-38H2,1-8H3,(H,69,79)(H,71,80)(H,72,78)(H,73,81)(H2,85,86,87)/t40-,45?,48+,49-,50-,51-,57?,58?/m0/s1. The zero-order valence-corrected chi connectivity index (χ0v) is 55.6. The number of benzene rings is 3. The second-order valence-corrected chi connectivity index (χ2v) is 30.1. The zero-order chi connectivity index (χ0) is 66.2. The van der Waals surface area contributed by atoms with Gasteiger partial charge >= 0.3 is 13.3 Å². The summed E-state index contributed by atoms with van der Waals surface area (Å²) in [6.07, 6.45) is 4.90. The highest BCUT2D eigenvalue weighted by Crippen LogP contribution is 2.59. The van der Waals surface area contributed by atoms with Gasteiger partial charge in [-0.2, -0.15) is 8.78 Å². The number of aliphatic hydroxyl groups excluding tert-OH is 1. The predicted molar refractivity (Wildman–Crippen MR) is 345 cm³/mol. The van der Waals surface area contributed by atoms with E-state index in [0.29, 0.717) is 37.2 Å². The van der Waals surface area contributed by atoms with Crippen LogP contribution in [0.3, 0.4) is 0 Å². The van der Waals surface area contributed by atoms with Crippen molar-refractivity contribution in [1.29, 1.82) is 0 Å². The molecule has 0 bridgehead atoms. The number of thiophene rings is 1. The summed E-state index contributed by atoms with van der Waals surface area (Å²) in [6.45, 7) is 15.5. The van der Waals surface area contributed by atoms with Gasteiger partial charge in [0.25, 0.3) is 5.91 Å². The predicted octanol–water partition coefficient (Wildman–Crippen LogP) is 9.31. The number of piperidine rings is 1. The first-order valence-electron chi connectivity index (χ1n) is 31.3. The molecule has 3 aromatic carbocycles. The highest BCUT2D eigenvalue weighted by atomic mass is 32.1. The Hall–Kier alpha value is -6.53. The molecule has 3 aliphatic rings. The number of aliphatic hydroxyl groups is 1. The number of fused-ring (bicyclic) bond motifs is 1. The molecule has 3 aliphatic heterocycles. The van der Waals surface area contributed by atoms with Crippen molar-refractivity contribution in [3.63, 3.8) is 0 Å². The van der Waals surface area contributed by atoms with Crippen LogP contribution in [0.25, 0.3) is 20.5 Å². The number of rotatable bonds is 25. The Labute approximate surface area is 538 Å². The molecule has 0 aliphatic carbocycles. The second-order valence-electron chi connectivity index (χ2n) is 26.5. The van der Waals surface area contributed by atoms with Gasteiger partial charge in [0.15, 0.2) is 0 Å². The van der Waals surface area contributed by atoms with E-state index in [0.717, 1.165) is 89.3 Å². The lowest BCUT2D eigenvalue weighted by Gasteiger charge is -2.38. The number of hydrogen-bond donors (Lipinski definition) is 7. The summed E-state index contributed by atoms with van der Waals surface area (Å²) in [4.78, 5) is 127. The monoisotopic (exact) mass is 1320 g/mol. The number of carbonyl (C=O) groups is 7. The molecule has 3 unspecified atom stereocenters. The van der Waals surface area contributed by atoms with Crippen molar-refractivity contribution in [2.75, 3.05) is 39.3 Å². The molecule has 3 saturated heterocycles. The first-order valence-corrected chi connectivity index (χ1v) is 34.6. The Morgan fingerprint density at radius 1 is 0.769 bits per heavy atom. The van der Waals surface area contributed by atoms with Crippen LogP contribution in [0.2, 0.25) is 0 Å². The van der Waals surface area contributed by atoms with Gasteiger partial charge in [-0.25, -0.2) is 4.98 Å². The smallest absolute Gasteiger partial charge is 0.391 e. The van der Waals surface area contributed by atoms with Crippen LogP contribution >= 0.6 is 30.3 Å². The number of thiazole rings is 1. The summed E-state index contributed by atoms with van der Waals surface area (Å²) >= 11 is 2.51. The molecule has 494 valence electrons. The molecule has 5 aromatic rings. The molecule has 8 atom stereocenters. The number of halogens is 2. The van der Waals surface area contributed by atoms with Gasteiger partial charge in [0.1, 0.15) is 30.8 Å².